The summed E-state index contributed by atoms with van der Waals surface area (Å²) in [7, 11) is -3.32. The number of rotatable bonds is 4. The normalized spacial score (nSPS) is 22.6. The maximum Gasteiger partial charge on any atom is 0.223 e. The molecule has 1 aliphatic heterocycles. The Balaban J connectivity index is 2.11. The highest BCUT2D eigenvalue weighted by molar-refractivity contribution is 7.88. The number of aromatic nitrogens is 1. The summed E-state index contributed by atoms with van der Waals surface area (Å²) >= 11 is 1.51. The van der Waals surface area contributed by atoms with Crippen LogP contribution >= 0.6 is 11.3 Å². The van der Waals surface area contributed by atoms with Gasteiger partial charge >= 0.3 is 0 Å². The largest absolute Gasteiger partial charge is 0.369 e. The molecule has 1 atom stereocenters. The molecular weight excluding hydrogens is 300 g/mol. The van der Waals surface area contributed by atoms with Crippen LogP contribution in [0.1, 0.15) is 5.69 Å². The molecule has 1 aromatic heterocycles. The summed E-state index contributed by atoms with van der Waals surface area (Å²) in [6.07, 6.45) is 1.15. The van der Waals surface area contributed by atoms with Crippen LogP contribution in [0.15, 0.2) is 10.9 Å². The number of amides is 1. The number of carbonyl (C=O) groups is 1. The molecule has 2 rings (SSSR count). The molecule has 0 bridgehead atoms. The average Bonchev–Trinajstić information content (AvgIpc) is 2.72. The van der Waals surface area contributed by atoms with E-state index < -0.39 is 21.8 Å². The van der Waals surface area contributed by atoms with E-state index in [1.54, 1.807) is 5.51 Å². The summed E-state index contributed by atoms with van der Waals surface area (Å²) in [5, 5.41) is 1.94. The zero-order chi connectivity index (χ0) is 14.8. The van der Waals surface area contributed by atoms with Crippen molar-refractivity contribution in [3.63, 3.8) is 0 Å². The molecule has 9 heteroatoms. The van der Waals surface area contributed by atoms with Gasteiger partial charge in [0.15, 0.2) is 0 Å². The summed E-state index contributed by atoms with van der Waals surface area (Å²) < 4.78 is 24.7. The Kier molecular flexibility index (Phi) is 4.74. The predicted molar refractivity (Wildman–Crippen MR) is 76.5 cm³/mol. The molecule has 20 heavy (non-hydrogen) atoms. The molecule has 7 nitrogen and oxygen atoms in total. The molecule has 2 N–H and O–H groups in total. The number of nitrogens with two attached hydrogens (primary N) is 1. The maximum absolute atomic E-state index is 11.7. The summed E-state index contributed by atoms with van der Waals surface area (Å²) in [6.45, 7) is 2.15. The van der Waals surface area contributed by atoms with Gasteiger partial charge in [0.05, 0.1) is 23.4 Å². The van der Waals surface area contributed by atoms with Gasteiger partial charge in [-0.05, 0) is 0 Å². The number of nitrogens with zero attached hydrogens (tertiary/aromatic N) is 3. The van der Waals surface area contributed by atoms with Crippen LogP contribution in [-0.4, -0.2) is 60.9 Å². The van der Waals surface area contributed by atoms with Gasteiger partial charge in [-0.1, -0.05) is 0 Å². The third kappa shape index (κ3) is 3.98. The number of thiazole rings is 1. The Morgan fingerprint density at radius 2 is 2.25 bits per heavy atom. The van der Waals surface area contributed by atoms with E-state index in [2.05, 4.69) is 4.98 Å². The van der Waals surface area contributed by atoms with E-state index in [0.29, 0.717) is 26.2 Å². The van der Waals surface area contributed by atoms with Crippen molar-refractivity contribution in [3.05, 3.63) is 16.6 Å². The number of carbonyl (C=O) groups excluding carboxylic acids is 1. The van der Waals surface area contributed by atoms with Gasteiger partial charge in [-0.25, -0.2) is 17.7 Å². The molecule has 0 spiro atoms. The van der Waals surface area contributed by atoms with Crippen molar-refractivity contribution < 1.29 is 13.2 Å². The van der Waals surface area contributed by atoms with Crippen molar-refractivity contribution in [1.82, 2.24) is 14.2 Å². The minimum absolute atomic E-state index is 0.154. The monoisotopic (exact) mass is 318 g/mol. The van der Waals surface area contributed by atoms with E-state index in [1.165, 1.54) is 15.6 Å². The molecule has 1 saturated heterocycles. The minimum atomic E-state index is -3.32. The van der Waals surface area contributed by atoms with Gasteiger partial charge in [-0.15, -0.1) is 11.3 Å². The second-order valence-electron chi connectivity index (χ2n) is 4.94. The number of hydrogen-bond acceptors (Lipinski definition) is 6. The Morgan fingerprint density at radius 1 is 1.50 bits per heavy atom. The molecule has 1 amide bonds. The minimum Gasteiger partial charge on any atom is -0.369 e. The Hall–Kier alpha value is -1.03. The summed E-state index contributed by atoms with van der Waals surface area (Å²) in [5.41, 5.74) is 8.05. The van der Waals surface area contributed by atoms with Crippen LogP contribution in [0.5, 0.6) is 0 Å². The molecule has 1 unspecified atom stereocenters. The van der Waals surface area contributed by atoms with Crippen LogP contribution in [0, 0.1) is 5.92 Å². The molecule has 0 radical (unpaired) electrons. The Bertz CT molecular complexity index is 558. The van der Waals surface area contributed by atoms with Gasteiger partial charge < -0.3 is 5.73 Å². The first-order valence-corrected chi connectivity index (χ1v) is 8.99. The molecule has 1 aliphatic rings. The lowest BCUT2D eigenvalue weighted by Gasteiger charge is -2.21. The van der Waals surface area contributed by atoms with Crippen molar-refractivity contribution in [3.8, 4) is 0 Å². The van der Waals surface area contributed by atoms with Crippen LogP contribution in [0.25, 0.3) is 0 Å². The maximum atomic E-state index is 11.7. The zero-order valence-electron chi connectivity index (χ0n) is 11.2. The molecule has 1 aromatic rings. The van der Waals surface area contributed by atoms with Crippen molar-refractivity contribution >= 4 is 27.3 Å². The topological polar surface area (TPSA) is 96.6 Å². The van der Waals surface area contributed by atoms with Crippen LogP contribution < -0.4 is 5.73 Å². The molecule has 0 aromatic carbocycles. The van der Waals surface area contributed by atoms with Crippen molar-refractivity contribution in [2.75, 3.05) is 32.4 Å². The van der Waals surface area contributed by atoms with Crippen LogP contribution in [-0.2, 0) is 21.4 Å². The molecule has 0 saturated carbocycles. The first-order chi connectivity index (χ1) is 9.36. The van der Waals surface area contributed by atoms with Gasteiger partial charge in [0.25, 0.3) is 0 Å². The predicted octanol–water partition coefficient (Wildman–Crippen LogP) is -0.678. The Labute approximate surface area is 122 Å². The van der Waals surface area contributed by atoms with Crippen molar-refractivity contribution in [1.29, 1.82) is 0 Å². The standard InChI is InChI=1S/C11H18N4O3S2/c1-20(17,18)15-3-2-14(4-9(5-15)11(12)16)6-10-7-19-8-13-10/h7-9H,2-6H2,1H3,(H2,12,16). The third-order valence-corrected chi connectivity index (χ3v) is 5.21. The van der Waals surface area contributed by atoms with E-state index in [0.717, 1.165) is 11.9 Å². The van der Waals surface area contributed by atoms with Crippen LogP contribution in [0.2, 0.25) is 0 Å². The lowest BCUT2D eigenvalue weighted by molar-refractivity contribution is -0.122. The SMILES string of the molecule is CS(=O)(=O)N1CCN(Cc2cscn2)CC(C(N)=O)C1. The second kappa shape index (κ2) is 6.17. The van der Waals surface area contributed by atoms with E-state index in [1.807, 2.05) is 10.3 Å². The Morgan fingerprint density at radius 3 is 2.80 bits per heavy atom. The molecule has 1 fully saturated rings. The highest BCUT2D eigenvalue weighted by atomic mass is 32.2. The van der Waals surface area contributed by atoms with E-state index in [9.17, 15) is 13.2 Å². The first-order valence-electron chi connectivity index (χ1n) is 6.20. The quantitative estimate of drug-likeness (QED) is 0.793. The average molecular weight is 318 g/mol. The fraction of sp³-hybridized carbons (Fsp3) is 0.636. The smallest absolute Gasteiger partial charge is 0.223 e. The van der Waals surface area contributed by atoms with Crippen molar-refractivity contribution in [2.45, 2.75) is 6.54 Å². The van der Waals surface area contributed by atoms with Gasteiger partial charge in [0, 0.05) is 38.1 Å². The first kappa shape index (κ1) is 15.4. The van der Waals surface area contributed by atoms with Gasteiger partial charge in [-0.2, -0.15) is 0 Å². The highest BCUT2D eigenvalue weighted by Gasteiger charge is 2.30. The summed E-state index contributed by atoms with van der Waals surface area (Å²) in [5.74, 6) is -0.963. The number of primary amides is 1. The molecule has 2 heterocycles. The molecule has 0 aliphatic carbocycles. The van der Waals surface area contributed by atoms with Crippen molar-refractivity contribution in [2.24, 2.45) is 11.7 Å². The summed E-state index contributed by atoms with van der Waals surface area (Å²) in [4.78, 5) is 17.7. The van der Waals surface area contributed by atoms with E-state index in [4.69, 9.17) is 5.73 Å². The second-order valence-corrected chi connectivity index (χ2v) is 7.64. The highest BCUT2D eigenvalue weighted by Crippen LogP contribution is 2.15. The number of hydrogen-bond donors (Lipinski definition) is 1. The van der Waals surface area contributed by atoms with Gasteiger partial charge in [0.2, 0.25) is 15.9 Å². The van der Waals surface area contributed by atoms with Crippen LogP contribution in [0.3, 0.4) is 0 Å². The third-order valence-electron chi connectivity index (χ3n) is 3.31. The zero-order valence-corrected chi connectivity index (χ0v) is 12.9. The van der Waals surface area contributed by atoms with E-state index >= 15 is 0 Å². The van der Waals surface area contributed by atoms with Gasteiger partial charge in [-0.3, -0.25) is 9.69 Å². The lowest BCUT2D eigenvalue weighted by atomic mass is 10.1. The van der Waals surface area contributed by atoms with Gasteiger partial charge in [0.1, 0.15) is 0 Å². The van der Waals surface area contributed by atoms with E-state index in [-0.39, 0.29) is 6.54 Å². The molecule has 112 valence electrons. The molecular formula is C11H18N4O3S2. The fourth-order valence-electron chi connectivity index (χ4n) is 2.22. The lowest BCUT2D eigenvalue weighted by Crippen LogP contribution is -2.40. The summed E-state index contributed by atoms with van der Waals surface area (Å²) in [6, 6.07) is 0. The van der Waals surface area contributed by atoms with Crippen LogP contribution in [0.4, 0.5) is 0 Å². The number of sulfonamides is 1. The fourth-order valence-corrected chi connectivity index (χ4v) is 3.63.